The number of hydrogen-bond acceptors (Lipinski definition) is 3. The van der Waals surface area contributed by atoms with Gasteiger partial charge in [-0.05, 0) is 34.9 Å². The molecule has 3 nitrogen and oxygen atoms in total. The van der Waals surface area contributed by atoms with Gasteiger partial charge in [0.25, 0.3) is 0 Å². The minimum Gasteiger partial charge on any atom is 0 e. The first kappa shape index (κ1) is 32.6. The zero-order valence-electron chi connectivity index (χ0n) is 26.3. The molecule has 3 heterocycles. The average molecular weight is 826 g/mol. The fourth-order valence-corrected chi connectivity index (χ4v) is 7.35. The Morgan fingerprint density at radius 3 is 2.16 bits per heavy atom. The fraction of sp³-hybridized carbons (Fsp3) is 0.150. The quantitative estimate of drug-likeness (QED) is 0.128. The molecule has 0 unspecified atom stereocenters. The van der Waals surface area contributed by atoms with Crippen molar-refractivity contribution >= 4 is 39.6 Å². The molecule has 3 aromatic heterocycles. The number of aromatic nitrogens is 2. The Morgan fingerprint density at radius 2 is 1.47 bits per heavy atom. The van der Waals surface area contributed by atoms with Crippen molar-refractivity contribution in [3.8, 4) is 33.6 Å². The predicted molar refractivity (Wildman–Crippen MR) is 187 cm³/mol. The molecule has 227 valence electrons. The third-order valence-electron chi connectivity index (χ3n) is 7.85. The van der Waals surface area contributed by atoms with Gasteiger partial charge >= 0.3 is 99.8 Å². The first-order chi connectivity index (χ1) is 21.3. The van der Waals surface area contributed by atoms with Gasteiger partial charge in [0.15, 0.2) is 0 Å². The number of pyridine rings is 2. The molecule has 45 heavy (non-hydrogen) atoms. The molecule has 0 amide bonds. The molecule has 0 atom stereocenters. The van der Waals surface area contributed by atoms with Crippen LogP contribution in [-0.2, 0) is 20.1 Å². The zero-order chi connectivity index (χ0) is 30.7. The number of benzene rings is 4. The molecule has 0 spiro atoms. The maximum absolute atomic E-state index is 6.12. The van der Waals surface area contributed by atoms with Crippen LogP contribution in [0.15, 0.2) is 126 Å². The van der Waals surface area contributed by atoms with E-state index >= 15 is 0 Å². The van der Waals surface area contributed by atoms with Crippen LogP contribution in [-0.4, -0.2) is 23.2 Å². The zero-order valence-corrected chi connectivity index (χ0v) is 30.8. The molecular weight excluding hydrogens is 789 g/mol. The molecule has 7 rings (SSSR count). The van der Waals surface area contributed by atoms with Gasteiger partial charge in [0, 0.05) is 31.7 Å². The van der Waals surface area contributed by atoms with E-state index in [2.05, 4.69) is 126 Å². The molecule has 0 bridgehead atoms. The molecule has 0 saturated carbocycles. The monoisotopic (exact) mass is 827 g/mol. The summed E-state index contributed by atoms with van der Waals surface area (Å²) >= 11 is -1.72. The molecule has 7 aromatic rings. The smallest absolute Gasteiger partial charge is 0 e. The molecule has 0 aliphatic carbocycles. The summed E-state index contributed by atoms with van der Waals surface area (Å²) in [6, 6.07) is 43.9. The summed E-state index contributed by atoms with van der Waals surface area (Å²) in [5.41, 5.74) is 9.38. The van der Waals surface area contributed by atoms with Gasteiger partial charge in [-0.3, -0.25) is 0 Å². The molecule has 0 aliphatic rings. The Morgan fingerprint density at radius 1 is 0.667 bits per heavy atom. The second-order valence-electron chi connectivity index (χ2n) is 12.4. The van der Waals surface area contributed by atoms with Crippen molar-refractivity contribution in [1.29, 1.82) is 0 Å². The molecule has 1 radical (unpaired) electrons. The average Bonchev–Trinajstić information content (AvgIpc) is 3.43. The van der Waals surface area contributed by atoms with Crippen molar-refractivity contribution in [2.75, 3.05) is 0 Å². The van der Waals surface area contributed by atoms with Gasteiger partial charge in [0.05, 0.1) is 5.58 Å². The van der Waals surface area contributed by atoms with E-state index in [-0.39, 0.29) is 20.1 Å². The van der Waals surface area contributed by atoms with Crippen LogP contribution in [0, 0.1) is 12.1 Å². The Hall–Kier alpha value is -3.83. The second kappa shape index (κ2) is 14.1. The van der Waals surface area contributed by atoms with Crippen LogP contribution >= 0.6 is 0 Å². The van der Waals surface area contributed by atoms with Gasteiger partial charge in [-0.2, -0.15) is 0 Å². The summed E-state index contributed by atoms with van der Waals surface area (Å²) in [5, 5.41) is 2.21. The van der Waals surface area contributed by atoms with Crippen LogP contribution in [0.25, 0.3) is 55.6 Å². The maximum atomic E-state index is 6.12. The van der Waals surface area contributed by atoms with E-state index in [4.69, 9.17) is 4.42 Å². The molecule has 0 N–H and O–H groups in total. The number of furan rings is 1. The van der Waals surface area contributed by atoms with Crippen LogP contribution in [0.5, 0.6) is 0 Å². The first-order valence-corrected chi connectivity index (χ1v) is 22.4. The number of nitrogens with zero attached hydrogens (tertiary/aromatic N) is 2. The van der Waals surface area contributed by atoms with Crippen LogP contribution in [0.1, 0.15) is 25.3 Å². The molecule has 0 aliphatic heterocycles. The SMILES string of the molecule is CC(C)c1ccnc(-c2[c-]cc3oc4cc(-c5ccccc5)ccc4c3c2)c1.[CH3][Ge]([CH3])([CH3])[c]1ccc(-c2[c-]cccc2)nc1.[Ir]. The van der Waals surface area contributed by atoms with Crippen LogP contribution in [0.2, 0.25) is 17.3 Å². The van der Waals surface area contributed by atoms with Crippen molar-refractivity contribution in [2.24, 2.45) is 0 Å². The summed E-state index contributed by atoms with van der Waals surface area (Å²) in [6.45, 7) is 4.39. The van der Waals surface area contributed by atoms with E-state index < -0.39 is 13.3 Å². The van der Waals surface area contributed by atoms with Crippen molar-refractivity contribution < 1.29 is 24.5 Å². The van der Waals surface area contributed by atoms with Crippen LogP contribution < -0.4 is 4.40 Å². The molecule has 0 fully saturated rings. The van der Waals surface area contributed by atoms with Crippen molar-refractivity contribution in [3.05, 3.63) is 139 Å². The van der Waals surface area contributed by atoms with E-state index in [1.807, 2.05) is 48.8 Å². The van der Waals surface area contributed by atoms with Gasteiger partial charge in [0.2, 0.25) is 0 Å². The van der Waals surface area contributed by atoms with Gasteiger partial charge in [0.1, 0.15) is 5.58 Å². The predicted octanol–water partition coefficient (Wildman–Crippen LogP) is 10.3. The van der Waals surface area contributed by atoms with Crippen molar-refractivity contribution in [1.82, 2.24) is 9.97 Å². The third-order valence-corrected chi connectivity index (χ3v) is 12.1. The Labute approximate surface area is 282 Å². The minimum absolute atomic E-state index is 0. The number of rotatable bonds is 5. The standard InChI is InChI=1S/C26H20NO.C14H16GeN.Ir/c1-17(2)19-12-13-27-24(15-19)21-9-11-25-23(14-21)22-10-8-20(16-26(22)28-25)18-6-4-3-5-7-18;1-15(2,3)13-9-10-14(16-11-13)12-7-5-4-6-8-12;/h3-8,10-17H,1-2H3;4-7,9-11H,1-3H3;/q2*-1;. The second-order valence-corrected chi connectivity index (χ2v) is 23.0. The van der Waals surface area contributed by atoms with Gasteiger partial charge in [-0.15, -0.1) is 23.8 Å². The molecule has 4 aromatic carbocycles. The van der Waals surface area contributed by atoms with Crippen LogP contribution in [0.4, 0.5) is 0 Å². The summed E-state index contributed by atoms with van der Waals surface area (Å²) in [4.78, 5) is 9.09. The Bertz CT molecular complexity index is 2010. The van der Waals surface area contributed by atoms with E-state index in [9.17, 15) is 0 Å². The van der Waals surface area contributed by atoms with Crippen molar-refractivity contribution in [2.45, 2.75) is 37.0 Å². The van der Waals surface area contributed by atoms with Gasteiger partial charge < -0.3 is 9.40 Å². The largest absolute Gasteiger partial charge is 0 e. The molecule has 5 heteroatoms. The number of fused-ring (bicyclic) bond motifs is 3. The normalized spacial score (nSPS) is 11.2. The minimum atomic E-state index is -1.72. The summed E-state index contributed by atoms with van der Waals surface area (Å²) in [5.74, 6) is 7.61. The Balaban J connectivity index is 0.000000202. The van der Waals surface area contributed by atoms with E-state index in [1.54, 1.807) is 0 Å². The van der Waals surface area contributed by atoms with Crippen molar-refractivity contribution in [3.63, 3.8) is 0 Å². The van der Waals surface area contributed by atoms with E-state index in [1.165, 1.54) is 15.5 Å². The van der Waals surface area contributed by atoms with Crippen LogP contribution in [0.3, 0.4) is 0 Å². The van der Waals surface area contributed by atoms with E-state index in [0.29, 0.717) is 5.92 Å². The summed E-state index contributed by atoms with van der Waals surface area (Å²) in [7, 11) is 0. The van der Waals surface area contributed by atoms with Gasteiger partial charge in [-0.25, -0.2) is 0 Å². The molecule has 0 saturated heterocycles. The summed E-state index contributed by atoms with van der Waals surface area (Å²) in [6.07, 6.45) is 3.92. The Kier molecular flexibility index (Phi) is 10.2. The van der Waals surface area contributed by atoms with E-state index in [0.717, 1.165) is 50.0 Å². The fourth-order valence-electron chi connectivity index (χ4n) is 5.18. The number of hydrogen-bond donors (Lipinski definition) is 0. The third kappa shape index (κ3) is 7.53. The summed E-state index contributed by atoms with van der Waals surface area (Å²) < 4.78 is 7.56. The topological polar surface area (TPSA) is 38.9 Å². The van der Waals surface area contributed by atoms with Gasteiger partial charge in [-0.1, -0.05) is 73.3 Å². The maximum Gasteiger partial charge on any atom is 0 e. The first-order valence-electron chi connectivity index (χ1n) is 15.1. The molecular formula is C40H36GeIrN2O-2.